The number of aromatic amines is 1. The van der Waals surface area contributed by atoms with Crippen molar-refractivity contribution in [2.24, 2.45) is 0 Å². The first kappa shape index (κ1) is 15.5. The van der Waals surface area contributed by atoms with Crippen LogP contribution in [0.25, 0.3) is 0 Å². The second-order valence-corrected chi connectivity index (χ2v) is 5.33. The molecule has 0 aromatic carbocycles. The summed E-state index contributed by atoms with van der Waals surface area (Å²) < 4.78 is 5.28. The summed E-state index contributed by atoms with van der Waals surface area (Å²) in [5, 5.41) is 15.9. The Bertz CT molecular complexity index is 507. The molecule has 1 aliphatic heterocycles. The minimum absolute atomic E-state index is 0.0236. The molecule has 0 unspecified atom stereocenters. The van der Waals surface area contributed by atoms with Gasteiger partial charge < -0.3 is 14.7 Å². The van der Waals surface area contributed by atoms with Crippen molar-refractivity contribution in [3.8, 4) is 0 Å². The lowest BCUT2D eigenvalue weighted by Gasteiger charge is -2.35. The van der Waals surface area contributed by atoms with Gasteiger partial charge in [0, 0.05) is 18.7 Å². The van der Waals surface area contributed by atoms with E-state index in [-0.39, 0.29) is 18.4 Å². The number of aryl methyl sites for hydroxylation is 2. The van der Waals surface area contributed by atoms with Gasteiger partial charge in [0.2, 0.25) is 5.91 Å². The number of carboxylic acids is 1. The van der Waals surface area contributed by atoms with Crippen LogP contribution < -0.4 is 0 Å². The topological polar surface area (TPSA) is 95.5 Å². The standard InChI is InChI=1S/C14H21N3O4/c1-9-12(10(2)16-15-9)3-4-13(18)17-5-6-21-8-11(17)7-14(19)20/h11H,3-8H2,1-2H3,(H,15,16)(H,19,20)/t11-/m1/s1. The van der Waals surface area contributed by atoms with E-state index in [0.717, 1.165) is 17.0 Å². The third-order valence-electron chi connectivity index (χ3n) is 3.83. The first-order chi connectivity index (χ1) is 9.99. The number of H-pyrrole nitrogens is 1. The molecule has 1 aromatic rings. The number of hydrogen-bond donors (Lipinski definition) is 2. The molecule has 2 N–H and O–H groups in total. The van der Waals surface area contributed by atoms with E-state index in [1.807, 2.05) is 13.8 Å². The highest BCUT2D eigenvalue weighted by molar-refractivity contribution is 5.78. The lowest BCUT2D eigenvalue weighted by molar-refractivity contribution is -0.146. The molecule has 2 heterocycles. The Kier molecular flexibility index (Phi) is 4.95. The van der Waals surface area contributed by atoms with E-state index < -0.39 is 5.97 Å². The van der Waals surface area contributed by atoms with Gasteiger partial charge in [-0.15, -0.1) is 0 Å². The number of nitrogens with one attached hydrogen (secondary N) is 1. The number of aromatic nitrogens is 2. The van der Waals surface area contributed by atoms with Gasteiger partial charge in [0.05, 0.1) is 31.4 Å². The largest absolute Gasteiger partial charge is 0.481 e. The lowest BCUT2D eigenvalue weighted by atomic mass is 10.1. The summed E-state index contributed by atoms with van der Waals surface area (Å²) in [5.41, 5.74) is 2.94. The molecule has 1 amide bonds. The van der Waals surface area contributed by atoms with Crippen LogP contribution in [0.15, 0.2) is 0 Å². The Morgan fingerprint density at radius 2 is 2.24 bits per heavy atom. The zero-order chi connectivity index (χ0) is 15.4. The number of nitrogens with zero attached hydrogens (tertiary/aromatic N) is 2. The van der Waals surface area contributed by atoms with Crippen LogP contribution in [-0.4, -0.2) is 57.9 Å². The number of aliphatic carboxylic acids is 1. The van der Waals surface area contributed by atoms with Crippen LogP contribution in [0.4, 0.5) is 0 Å². The third kappa shape index (κ3) is 3.81. The maximum atomic E-state index is 12.4. The van der Waals surface area contributed by atoms with Gasteiger partial charge in [-0.1, -0.05) is 0 Å². The molecule has 0 radical (unpaired) electrons. The van der Waals surface area contributed by atoms with E-state index in [1.54, 1.807) is 4.90 Å². The fraction of sp³-hybridized carbons (Fsp3) is 0.643. The van der Waals surface area contributed by atoms with Gasteiger partial charge >= 0.3 is 5.97 Å². The average molecular weight is 295 g/mol. The maximum Gasteiger partial charge on any atom is 0.305 e. The summed E-state index contributed by atoms with van der Waals surface area (Å²) >= 11 is 0. The maximum absolute atomic E-state index is 12.4. The van der Waals surface area contributed by atoms with Gasteiger partial charge in [0.1, 0.15) is 0 Å². The minimum atomic E-state index is -0.912. The molecular formula is C14H21N3O4. The quantitative estimate of drug-likeness (QED) is 0.832. The molecule has 21 heavy (non-hydrogen) atoms. The Morgan fingerprint density at radius 1 is 1.48 bits per heavy atom. The van der Waals surface area contributed by atoms with E-state index in [2.05, 4.69) is 10.2 Å². The van der Waals surface area contributed by atoms with Crippen LogP contribution in [0.5, 0.6) is 0 Å². The number of carbonyl (C=O) groups excluding carboxylic acids is 1. The molecule has 2 rings (SSSR count). The smallest absolute Gasteiger partial charge is 0.305 e. The van der Waals surface area contributed by atoms with E-state index in [9.17, 15) is 9.59 Å². The SMILES string of the molecule is Cc1n[nH]c(C)c1CCC(=O)N1CCOC[C@H]1CC(=O)O. The highest BCUT2D eigenvalue weighted by Crippen LogP contribution is 2.16. The average Bonchev–Trinajstić information content (AvgIpc) is 2.75. The summed E-state index contributed by atoms with van der Waals surface area (Å²) in [5.74, 6) is -0.936. The van der Waals surface area contributed by atoms with Crippen LogP contribution in [0.1, 0.15) is 29.8 Å². The molecule has 7 nitrogen and oxygen atoms in total. The van der Waals surface area contributed by atoms with Crippen molar-refractivity contribution in [2.75, 3.05) is 19.8 Å². The summed E-state index contributed by atoms with van der Waals surface area (Å²) in [7, 11) is 0. The Labute approximate surface area is 123 Å². The molecule has 0 bridgehead atoms. The van der Waals surface area contributed by atoms with E-state index in [0.29, 0.717) is 32.6 Å². The number of rotatable bonds is 5. The predicted octanol–water partition coefficient (Wildman–Crippen LogP) is 0.661. The van der Waals surface area contributed by atoms with Crippen molar-refractivity contribution in [1.29, 1.82) is 0 Å². The molecule has 7 heteroatoms. The van der Waals surface area contributed by atoms with Crippen LogP contribution >= 0.6 is 0 Å². The minimum Gasteiger partial charge on any atom is -0.481 e. The van der Waals surface area contributed by atoms with Gasteiger partial charge in [0.15, 0.2) is 0 Å². The summed E-state index contributed by atoms with van der Waals surface area (Å²) in [6.07, 6.45) is 0.900. The Balaban J connectivity index is 1.96. The van der Waals surface area contributed by atoms with Gasteiger partial charge in [-0.3, -0.25) is 14.7 Å². The summed E-state index contributed by atoms with van der Waals surface area (Å²) in [6.45, 7) is 5.06. The highest BCUT2D eigenvalue weighted by atomic mass is 16.5. The lowest BCUT2D eigenvalue weighted by Crippen LogP contribution is -2.49. The number of amides is 1. The van der Waals surface area contributed by atoms with Gasteiger partial charge in [-0.25, -0.2) is 0 Å². The molecule has 0 aliphatic carbocycles. The van der Waals surface area contributed by atoms with Crippen molar-refractivity contribution >= 4 is 11.9 Å². The van der Waals surface area contributed by atoms with Gasteiger partial charge in [-0.05, 0) is 25.8 Å². The summed E-state index contributed by atoms with van der Waals surface area (Å²) in [4.78, 5) is 24.9. The zero-order valence-corrected chi connectivity index (χ0v) is 12.4. The molecule has 1 aliphatic rings. The normalized spacial score (nSPS) is 18.8. The van der Waals surface area contributed by atoms with Crippen LogP contribution in [0.2, 0.25) is 0 Å². The van der Waals surface area contributed by atoms with Crippen molar-refractivity contribution in [3.63, 3.8) is 0 Å². The van der Waals surface area contributed by atoms with Gasteiger partial charge in [0.25, 0.3) is 0 Å². The van der Waals surface area contributed by atoms with E-state index >= 15 is 0 Å². The number of morpholine rings is 1. The first-order valence-corrected chi connectivity index (χ1v) is 7.08. The fourth-order valence-corrected chi connectivity index (χ4v) is 2.67. The molecule has 116 valence electrons. The molecule has 0 spiro atoms. The molecule has 1 fully saturated rings. The fourth-order valence-electron chi connectivity index (χ4n) is 2.67. The third-order valence-corrected chi connectivity index (χ3v) is 3.83. The second kappa shape index (κ2) is 6.71. The van der Waals surface area contributed by atoms with Gasteiger partial charge in [-0.2, -0.15) is 5.10 Å². The molecule has 1 saturated heterocycles. The monoisotopic (exact) mass is 295 g/mol. The van der Waals surface area contributed by atoms with Crippen LogP contribution in [0, 0.1) is 13.8 Å². The zero-order valence-electron chi connectivity index (χ0n) is 12.4. The second-order valence-electron chi connectivity index (χ2n) is 5.33. The number of ether oxygens (including phenoxy) is 1. The molecular weight excluding hydrogens is 274 g/mol. The number of carboxylic acid groups (broad SMARTS) is 1. The van der Waals surface area contributed by atoms with E-state index in [1.165, 1.54) is 0 Å². The molecule has 1 aromatic heterocycles. The highest BCUT2D eigenvalue weighted by Gasteiger charge is 2.28. The van der Waals surface area contributed by atoms with Crippen LogP contribution in [-0.2, 0) is 20.7 Å². The van der Waals surface area contributed by atoms with E-state index in [4.69, 9.17) is 9.84 Å². The number of hydrogen-bond acceptors (Lipinski definition) is 4. The Hall–Kier alpha value is -1.89. The first-order valence-electron chi connectivity index (χ1n) is 7.08. The van der Waals surface area contributed by atoms with Crippen molar-refractivity contribution < 1.29 is 19.4 Å². The van der Waals surface area contributed by atoms with Crippen molar-refractivity contribution in [2.45, 2.75) is 39.2 Å². The predicted molar refractivity (Wildman–Crippen MR) is 75.0 cm³/mol. The van der Waals surface area contributed by atoms with Crippen molar-refractivity contribution in [3.05, 3.63) is 17.0 Å². The van der Waals surface area contributed by atoms with Crippen LogP contribution in [0.3, 0.4) is 0 Å². The molecule has 0 saturated carbocycles. The van der Waals surface area contributed by atoms with Crippen molar-refractivity contribution in [1.82, 2.24) is 15.1 Å². The summed E-state index contributed by atoms with van der Waals surface area (Å²) in [6, 6.07) is -0.365. The molecule has 1 atom stereocenters. The number of carbonyl (C=O) groups is 2. The Morgan fingerprint density at radius 3 is 2.86 bits per heavy atom.